The van der Waals surface area contributed by atoms with Crippen molar-refractivity contribution in [2.75, 3.05) is 0 Å². The van der Waals surface area contributed by atoms with E-state index in [1.807, 2.05) is 6.07 Å². The average molecular weight is 427 g/mol. The summed E-state index contributed by atoms with van der Waals surface area (Å²) >= 11 is 0.280. The first kappa shape index (κ1) is 18.5. The molecule has 6 heteroatoms. The van der Waals surface area contributed by atoms with Crippen LogP contribution >= 0.6 is 0 Å². The van der Waals surface area contributed by atoms with E-state index in [-0.39, 0.29) is 21.9 Å². The number of ether oxygens (including phenoxy) is 1. The summed E-state index contributed by atoms with van der Waals surface area (Å²) in [6, 6.07) is 9.65. The number of nitrogens with zero attached hydrogens (tertiary/aromatic N) is 1. The molecule has 1 aromatic carbocycles. The summed E-state index contributed by atoms with van der Waals surface area (Å²) in [5.41, 5.74) is 8.49. The van der Waals surface area contributed by atoms with Crippen molar-refractivity contribution in [1.29, 1.82) is 0 Å². The molecule has 1 heterocycles. The van der Waals surface area contributed by atoms with Crippen molar-refractivity contribution in [3.05, 3.63) is 53.2 Å². The van der Waals surface area contributed by atoms with Crippen molar-refractivity contribution in [3.63, 3.8) is 0 Å². The predicted octanol–water partition coefficient (Wildman–Crippen LogP) is 3.39. The number of aryl methyl sites for hydroxylation is 1. The Morgan fingerprint density at radius 3 is 2.67 bits per heavy atom. The van der Waals surface area contributed by atoms with Crippen LogP contribution in [-0.4, -0.2) is 37.9 Å². The predicted molar refractivity (Wildman–Crippen MR) is 104 cm³/mol. The summed E-state index contributed by atoms with van der Waals surface area (Å²) in [6.07, 6.45) is 8.07. The van der Waals surface area contributed by atoms with Gasteiger partial charge in [0.05, 0.1) is 0 Å². The van der Waals surface area contributed by atoms with Crippen LogP contribution in [0.25, 0.3) is 0 Å². The average Bonchev–Trinajstić information content (AvgIpc) is 3.06. The Morgan fingerprint density at radius 1 is 1.15 bits per heavy atom. The van der Waals surface area contributed by atoms with E-state index >= 15 is 0 Å². The molecule has 3 N–H and O–H groups in total. The summed E-state index contributed by atoms with van der Waals surface area (Å²) in [5, 5.41) is 9.71. The molecule has 1 amide bonds. The van der Waals surface area contributed by atoms with Crippen LogP contribution in [0.4, 0.5) is 0 Å². The number of rotatable bonds is 5. The quantitative estimate of drug-likeness (QED) is 0.717. The van der Waals surface area contributed by atoms with Gasteiger partial charge in [0.2, 0.25) is 0 Å². The Morgan fingerprint density at radius 2 is 1.96 bits per heavy atom. The second-order valence-corrected chi connectivity index (χ2v) is 10.8. The van der Waals surface area contributed by atoms with E-state index in [1.165, 1.54) is 36.6 Å². The number of nitrogens with two attached hydrogens (primary N) is 1. The van der Waals surface area contributed by atoms with Gasteiger partial charge in [0, 0.05) is 0 Å². The maximum absolute atomic E-state index is 11.1. The number of aliphatic hydroxyl groups is 1. The Kier molecular flexibility index (Phi) is 5.51. The molecule has 1 fully saturated rings. The summed E-state index contributed by atoms with van der Waals surface area (Å²) in [4.78, 5) is 15.3. The van der Waals surface area contributed by atoms with Gasteiger partial charge in [-0.1, -0.05) is 0 Å². The van der Waals surface area contributed by atoms with E-state index < -0.39 is 5.91 Å². The fourth-order valence-electron chi connectivity index (χ4n) is 3.96. The van der Waals surface area contributed by atoms with Crippen LogP contribution in [0.15, 0.2) is 36.5 Å². The Bertz CT molecular complexity index is 817. The zero-order valence-electron chi connectivity index (χ0n) is 15.2. The summed E-state index contributed by atoms with van der Waals surface area (Å²) in [7, 11) is 0. The standard InChI is InChI=1S/C21H24AsN2O3/c23-21(26)14-2-10-20(24-12-14)27-17-7-8-18-13(11-17)1-9-19(18)22-15-3-5-16(25)6-4-15/h2,7-8,10-12,15-16,19,25H,1,3-6,9H2,(H2,23,26). The molecular formula is C21H24AsN2O3. The van der Waals surface area contributed by atoms with Crippen LogP contribution < -0.4 is 10.5 Å². The zero-order valence-corrected chi connectivity index (χ0v) is 17.1. The van der Waals surface area contributed by atoms with E-state index in [1.54, 1.807) is 12.1 Å². The summed E-state index contributed by atoms with van der Waals surface area (Å²) < 4.78 is 7.41. The molecule has 0 aliphatic heterocycles. The van der Waals surface area contributed by atoms with Gasteiger partial charge in [-0.25, -0.2) is 0 Å². The summed E-state index contributed by atoms with van der Waals surface area (Å²) in [5.74, 6) is 0.750. The fraction of sp³-hybridized carbons (Fsp3) is 0.429. The molecule has 1 atom stereocenters. The molecule has 4 rings (SSSR count). The second kappa shape index (κ2) is 8.03. The molecule has 2 aromatic rings. The molecule has 0 saturated heterocycles. The van der Waals surface area contributed by atoms with Crippen molar-refractivity contribution in [2.24, 2.45) is 5.73 Å². The topological polar surface area (TPSA) is 85.4 Å². The molecule has 141 valence electrons. The molecule has 1 unspecified atom stereocenters. The molecule has 1 saturated carbocycles. The van der Waals surface area contributed by atoms with Gasteiger partial charge in [-0.3, -0.25) is 0 Å². The van der Waals surface area contributed by atoms with Crippen molar-refractivity contribution in [1.82, 2.24) is 4.98 Å². The van der Waals surface area contributed by atoms with Gasteiger partial charge in [-0.2, -0.15) is 0 Å². The Balaban J connectivity index is 1.41. The number of hydrogen-bond acceptors (Lipinski definition) is 4. The third-order valence-corrected chi connectivity index (χ3v) is 9.31. The number of carbonyl (C=O) groups excluding carboxylic acids is 1. The van der Waals surface area contributed by atoms with Crippen molar-refractivity contribution in [2.45, 2.75) is 54.0 Å². The van der Waals surface area contributed by atoms with Crippen LogP contribution in [0.5, 0.6) is 11.6 Å². The number of pyridine rings is 1. The van der Waals surface area contributed by atoms with E-state index in [9.17, 15) is 9.90 Å². The van der Waals surface area contributed by atoms with E-state index in [0.29, 0.717) is 11.4 Å². The van der Waals surface area contributed by atoms with Crippen LogP contribution in [0.2, 0.25) is 4.71 Å². The molecule has 2 aliphatic rings. The first-order valence-corrected chi connectivity index (χ1v) is 11.7. The first-order valence-electron chi connectivity index (χ1n) is 9.53. The minimum absolute atomic E-state index is 0.0660. The SMILES string of the molecule is NC(=O)c1ccc(Oc2ccc3c(c2)CCC3[As]C2CCC(O)CC2)nc1. The van der Waals surface area contributed by atoms with Gasteiger partial charge in [-0.05, 0) is 0 Å². The van der Waals surface area contributed by atoms with Crippen LogP contribution in [-0.2, 0) is 6.42 Å². The number of aromatic nitrogens is 1. The molecule has 27 heavy (non-hydrogen) atoms. The zero-order chi connectivity index (χ0) is 18.8. The van der Waals surface area contributed by atoms with Gasteiger partial charge in [0.25, 0.3) is 0 Å². The molecule has 1 radical (unpaired) electrons. The van der Waals surface area contributed by atoms with Crippen LogP contribution in [0.3, 0.4) is 0 Å². The van der Waals surface area contributed by atoms with E-state index in [2.05, 4.69) is 17.1 Å². The number of benzene rings is 1. The van der Waals surface area contributed by atoms with Crippen LogP contribution in [0, 0.1) is 0 Å². The van der Waals surface area contributed by atoms with Gasteiger partial charge in [0.1, 0.15) is 0 Å². The molecule has 0 bridgehead atoms. The number of amides is 1. The third-order valence-electron chi connectivity index (χ3n) is 5.46. The summed E-state index contributed by atoms with van der Waals surface area (Å²) in [6.45, 7) is 0. The van der Waals surface area contributed by atoms with Crippen molar-refractivity contribution in [3.8, 4) is 11.6 Å². The van der Waals surface area contributed by atoms with Gasteiger partial charge < -0.3 is 0 Å². The number of hydrogen-bond donors (Lipinski definition) is 2. The van der Waals surface area contributed by atoms with E-state index in [0.717, 1.165) is 34.4 Å². The Hall–Kier alpha value is -1.84. The van der Waals surface area contributed by atoms with Gasteiger partial charge >= 0.3 is 166 Å². The molecular weight excluding hydrogens is 403 g/mol. The maximum atomic E-state index is 11.1. The molecule has 5 nitrogen and oxygen atoms in total. The third kappa shape index (κ3) is 4.36. The van der Waals surface area contributed by atoms with Crippen LogP contribution in [0.1, 0.15) is 58.3 Å². The monoisotopic (exact) mass is 427 g/mol. The van der Waals surface area contributed by atoms with Crippen molar-refractivity contribution < 1.29 is 14.6 Å². The number of carbonyl (C=O) groups is 1. The number of fused-ring (bicyclic) bond motifs is 1. The van der Waals surface area contributed by atoms with E-state index in [4.69, 9.17) is 10.5 Å². The molecule has 0 spiro atoms. The van der Waals surface area contributed by atoms with Gasteiger partial charge in [-0.15, -0.1) is 0 Å². The van der Waals surface area contributed by atoms with Gasteiger partial charge in [0.15, 0.2) is 0 Å². The second-order valence-electron chi connectivity index (χ2n) is 7.38. The number of primary amides is 1. The fourth-order valence-corrected chi connectivity index (χ4v) is 7.73. The van der Waals surface area contributed by atoms with Crippen molar-refractivity contribution >= 4 is 21.7 Å². The molecule has 1 aromatic heterocycles. The normalized spacial score (nSPS) is 24.9. The Labute approximate surface area is 166 Å². The first-order chi connectivity index (χ1) is 13.1. The minimum atomic E-state index is -0.493. The number of aliphatic hydroxyl groups excluding tert-OH is 1. The molecule has 2 aliphatic carbocycles.